The van der Waals surface area contributed by atoms with Gasteiger partial charge < -0.3 is 16.0 Å². The maximum atomic E-state index is 11.6. The van der Waals surface area contributed by atoms with E-state index in [0.717, 1.165) is 25.9 Å². The highest BCUT2D eigenvalue weighted by molar-refractivity contribution is 5.79. The number of amides is 2. The zero-order chi connectivity index (χ0) is 11.8. The lowest BCUT2D eigenvalue weighted by Gasteiger charge is -2.15. The SMILES string of the molecule is NCCCC(=O)NCCC(=O)N1CCCC1. The van der Waals surface area contributed by atoms with Crippen LogP contribution < -0.4 is 11.1 Å². The molecular weight excluding hydrogens is 206 g/mol. The molecular formula is C11H21N3O2. The van der Waals surface area contributed by atoms with E-state index < -0.39 is 0 Å². The van der Waals surface area contributed by atoms with Crippen LogP contribution in [0.15, 0.2) is 0 Å². The average molecular weight is 227 g/mol. The Hall–Kier alpha value is -1.10. The molecule has 1 fully saturated rings. The van der Waals surface area contributed by atoms with Crippen LogP contribution in [-0.2, 0) is 9.59 Å². The van der Waals surface area contributed by atoms with E-state index in [1.165, 1.54) is 0 Å². The van der Waals surface area contributed by atoms with Crippen LogP contribution in [0, 0.1) is 0 Å². The van der Waals surface area contributed by atoms with Gasteiger partial charge in [-0.25, -0.2) is 0 Å². The number of nitrogens with zero attached hydrogens (tertiary/aromatic N) is 1. The van der Waals surface area contributed by atoms with Crippen LogP contribution >= 0.6 is 0 Å². The molecule has 1 aliphatic heterocycles. The first-order valence-corrected chi connectivity index (χ1v) is 5.98. The lowest BCUT2D eigenvalue weighted by atomic mass is 10.3. The van der Waals surface area contributed by atoms with Gasteiger partial charge in [-0.05, 0) is 25.8 Å². The van der Waals surface area contributed by atoms with Crippen LogP contribution in [0.2, 0.25) is 0 Å². The van der Waals surface area contributed by atoms with E-state index in [-0.39, 0.29) is 11.8 Å². The van der Waals surface area contributed by atoms with Gasteiger partial charge >= 0.3 is 0 Å². The van der Waals surface area contributed by atoms with E-state index in [1.54, 1.807) is 0 Å². The summed E-state index contributed by atoms with van der Waals surface area (Å²) >= 11 is 0. The summed E-state index contributed by atoms with van der Waals surface area (Å²) in [5.41, 5.74) is 5.30. The van der Waals surface area contributed by atoms with Crippen molar-refractivity contribution in [1.82, 2.24) is 10.2 Å². The van der Waals surface area contributed by atoms with Crippen molar-refractivity contribution in [1.29, 1.82) is 0 Å². The maximum Gasteiger partial charge on any atom is 0.224 e. The van der Waals surface area contributed by atoms with E-state index in [0.29, 0.717) is 32.4 Å². The molecule has 0 aromatic heterocycles. The van der Waals surface area contributed by atoms with Crippen molar-refractivity contribution in [3.63, 3.8) is 0 Å². The van der Waals surface area contributed by atoms with Crippen LogP contribution in [0.25, 0.3) is 0 Å². The minimum atomic E-state index is -0.0142. The van der Waals surface area contributed by atoms with Gasteiger partial charge in [-0.2, -0.15) is 0 Å². The number of nitrogens with one attached hydrogen (secondary N) is 1. The van der Waals surface area contributed by atoms with Crippen molar-refractivity contribution in [3.05, 3.63) is 0 Å². The van der Waals surface area contributed by atoms with E-state index in [1.807, 2.05) is 4.90 Å². The van der Waals surface area contributed by atoms with E-state index in [2.05, 4.69) is 5.32 Å². The number of carbonyl (C=O) groups excluding carboxylic acids is 2. The Labute approximate surface area is 96.4 Å². The monoisotopic (exact) mass is 227 g/mol. The number of hydrogen-bond acceptors (Lipinski definition) is 3. The number of rotatable bonds is 6. The lowest BCUT2D eigenvalue weighted by molar-refractivity contribution is -0.130. The zero-order valence-electron chi connectivity index (χ0n) is 9.71. The molecule has 0 radical (unpaired) electrons. The first kappa shape index (κ1) is 13.0. The van der Waals surface area contributed by atoms with Crippen molar-refractivity contribution >= 4 is 11.8 Å². The molecule has 0 unspecified atom stereocenters. The summed E-state index contributed by atoms with van der Waals surface area (Å²) in [6.45, 7) is 2.72. The molecule has 0 saturated carbocycles. The predicted molar refractivity (Wildman–Crippen MR) is 61.7 cm³/mol. The molecule has 5 heteroatoms. The molecule has 1 aliphatic rings. The Balaban J connectivity index is 2.05. The minimum absolute atomic E-state index is 0.0142. The van der Waals surface area contributed by atoms with E-state index in [9.17, 15) is 9.59 Å². The van der Waals surface area contributed by atoms with Gasteiger partial charge in [-0.3, -0.25) is 9.59 Å². The van der Waals surface area contributed by atoms with Crippen LogP contribution in [0.5, 0.6) is 0 Å². The second kappa shape index (κ2) is 7.22. The summed E-state index contributed by atoms with van der Waals surface area (Å²) in [7, 11) is 0. The van der Waals surface area contributed by atoms with Crippen LogP contribution in [-0.4, -0.2) is 42.9 Å². The number of nitrogens with two attached hydrogens (primary N) is 1. The fourth-order valence-electron chi connectivity index (χ4n) is 1.78. The van der Waals surface area contributed by atoms with Gasteiger partial charge in [0.15, 0.2) is 0 Å². The highest BCUT2D eigenvalue weighted by Crippen LogP contribution is 2.08. The molecule has 2 amide bonds. The third-order valence-corrected chi connectivity index (χ3v) is 2.73. The van der Waals surface area contributed by atoms with Gasteiger partial charge in [0.1, 0.15) is 0 Å². The van der Waals surface area contributed by atoms with Crippen LogP contribution in [0.4, 0.5) is 0 Å². The normalized spacial score (nSPS) is 15.2. The molecule has 3 N–H and O–H groups in total. The smallest absolute Gasteiger partial charge is 0.224 e. The molecule has 16 heavy (non-hydrogen) atoms. The third-order valence-electron chi connectivity index (χ3n) is 2.73. The van der Waals surface area contributed by atoms with Crippen molar-refractivity contribution < 1.29 is 9.59 Å². The zero-order valence-corrected chi connectivity index (χ0v) is 9.71. The Morgan fingerprint density at radius 3 is 2.50 bits per heavy atom. The molecule has 92 valence electrons. The Kier molecular flexibility index (Phi) is 5.85. The molecule has 0 aromatic carbocycles. The summed E-state index contributed by atoms with van der Waals surface area (Å²) in [4.78, 5) is 24.7. The second-order valence-corrected chi connectivity index (χ2v) is 4.08. The average Bonchev–Trinajstić information content (AvgIpc) is 2.79. The topological polar surface area (TPSA) is 75.4 Å². The summed E-state index contributed by atoms with van der Waals surface area (Å²) in [5, 5.41) is 2.73. The van der Waals surface area contributed by atoms with Crippen molar-refractivity contribution in [2.45, 2.75) is 32.1 Å². The number of hydrogen-bond donors (Lipinski definition) is 2. The molecule has 0 aromatic rings. The van der Waals surface area contributed by atoms with Gasteiger partial charge in [0.25, 0.3) is 0 Å². The summed E-state index contributed by atoms with van der Waals surface area (Å²) in [5.74, 6) is 0.135. The van der Waals surface area contributed by atoms with Crippen molar-refractivity contribution in [2.75, 3.05) is 26.2 Å². The van der Waals surface area contributed by atoms with Gasteiger partial charge in [-0.1, -0.05) is 0 Å². The Morgan fingerprint density at radius 2 is 1.88 bits per heavy atom. The predicted octanol–water partition coefficient (Wildman–Crippen LogP) is -0.146. The maximum absolute atomic E-state index is 11.6. The Bertz CT molecular complexity index is 237. The van der Waals surface area contributed by atoms with Crippen LogP contribution in [0.1, 0.15) is 32.1 Å². The quantitative estimate of drug-likeness (QED) is 0.663. The van der Waals surface area contributed by atoms with Gasteiger partial charge in [0.2, 0.25) is 11.8 Å². The van der Waals surface area contributed by atoms with Gasteiger partial charge in [0, 0.05) is 32.5 Å². The van der Waals surface area contributed by atoms with Gasteiger partial charge in [0.05, 0.1) is 0 Å². The summed E-state index contributed by atoms with van der Waals surface area (Å²) in [6.07, 6.45) is 3.78. The highest BCUT2D eigenvalue weighted by Gasteiger charge is 2.17. The molecule has 1 saturated heterocycles. The highest BCUT2D eigenvalue weighted by atomic mass is 16.2. The van der Waals surface area contributed by atoms with Crippen LogP contribution in [0.3, 0.4) is 0 Å². The Morgan fingerprint density at radius 1 is 1.19 bits per heavy atom. The fraction of sp³-hybridized carbons (Fsp3) is 0.818. The molecule has 0 bridgehead atoms. The molecule has 0 spiro atoms. The largest absolute Gasteiger partial charge is 0.356 e. The van der Waals surface area contributed by atoms with E-state index >= 15 is 0 Å². The lowest BCUT2D eigenvalue weighted by Crippen LogP contribution is -2.32. The standard InChI is InChI=1S/C11H21N3O2/c12-6-3-4-10(15)13-7-5-11(16)14-8-1-2-9-14/h1-9,12H2,(H,13,15). The first-order chi connectivity index (χ1) is 7.74. The molecule has 1 heterocycles. The first-order valence-electron chi connectivity index (χ1n) is 5.98. The molecule has 0 atom stereocenters. The van der Waals surface area contributed by atoms with E-state index in [4.69, 9.17) is 5.73 Å². The summed E-state index contributed by atoms with van der Waals surface area (Å²) < 4.78 is 0. The van der Waals surface area contributed by atoms with Gasteiger partial charge in [-0.15, -0.1) is 0 Å². The summed E-state index contributed by atoms with van der Waals surface area (Å²) in [6, 6.07) is 0. The van der Waals surface area contributed by atoms with Crippen molar-refractivity contribution in [2.24, 2.45) is 5.73 Å². The minimum Gasteiger partial charge on any atom is -0.356 e. The third kappa shape index (κ3) is 4.61. The molecule has 0 aliphatic carbocycles. The number of carbonyl (C=O) groups is 2. The molecule has 5 nitrogen and oxygen atoms in total. The van der Waals surface area contributed by atoms with Crippen molar-refractivity contribution in [3.8, 4) is 0 Å². The second-order valence-electron chi connectivity index (χ2n) is 4.08. The molecule has 1 rings (SSSR count). The fourth-order valence-corrected chi connectivity index (χ4v) is 1.78. The number of likely N-dealkylation sites (tertiary alicyclic amines) is 1.